The van der Waals surface area contributed by atoms with E-state index in [0.717, 1.165) is 10.6 Å². The number of nitrogens with zero attached hydrogens (tertiary/aromatic N) is 2. The van der Waals surface area contributed by atoms with Crippen LogP contribution in [0.3, 0.4) is 0 Å². The summed E-state index contributed by atoms with van der Waals surface area (Å²) in [4.78, 5) is 30.5. The van der Waals surface area contributed by atoms with Crippen LogP contribution in [0.1, 0.15) is 27.9 Å². The Morgan fingerprint density at radius 1 is 1.38 bits per heavy atom. The van der Waals surface area contributed by atoms with Crippen molar-refractivity contribution in [3.05, 3.63) is 40.4 Å². The number of hydrogen-bond acceptors (Lipinski definition) is 5. The molecule has 1 aromatic carbocycles. The lowest BCUT2D eigenvalue weighted by molar-refractivity contribution is -0.114. The molecular weight excluding hydrogens is 288 g/mol. The Hall–Kier alpha value is -2.41. The molecule has 6 nitrogen and oxygen atoms in total. The van der Waals surface area contributed by atoms with Crippen LogP contribution in [0.5, 0.6) is 0 Å². The fraction of sp³-hybridized carbons (Fsp3) is 0.214. The van der Waals surface area contributed by atoms with Gasteiger partial charge in [-0.25, -0.2) is 4.98 Å². The topological polar surface area (TPSA) is 88.3 Å². The zero-order valence-electron chi connectivity index (χ0n) is 11.4. The number of nitrogens with one attached hydrogen (secondary N) is 1. The monoisotopic (exact) mass is 302 g/mol. The minimum absolute atomic E-state index is 0.0778. The predicted molar refractivity (Wildman–Crippen MR) is 80.8 cm³/mol. The van der Waals surface area contributed by atoms with Gasteiger partial charge in [0.25, 0.3) is 5.91 Å². The molecule has 0 radical (unpaired) electrons. The summed E-state index contributed by atoms with van der Waals surface area (Å²) in [6.45, 7) is 2.45. The molecule has 0 saturated carbocycles. The van der Waals surface area contributed by atoms with Gasteiger partial charge in [-0.05, 0) is 18.2 Å². The molecule has 7 heteroatoms. The van der Waals surface area contributed by atoms with Gasteiger partial charge in [0.1, 0.15) is 0 Å². The van der Waals surface area contributed by atoms with Crippen molar-refractivity contribution in [2.75, 3.05) is 11.1 Å². The van der Waals surface area contributed by atoms with Crippen LogP contribution in [0.4, 0.5) is 10.8 Å². The van der Waals surface area contributed by atoms with E-state index in [9.17, 15) is 9.59 Å². The SMILES string of the molecule is CC(=O)Nc1cccc(C(=O)N2Cc3nc(N)sc3C2)c1. The van der Waals surface area contributed by atoms with Crippen molar-refractivity contribution in [2.24, 2.45) is 0 Å². The second kappa shape index (κ2) is 5.17. The third-order valence-corrected chi connectivity index (χ3v) is 4.10. The minimum atomic E-state index is -0.164. The Morgan fingerprint density at radius 2 is 2.19 bits per heavy atom. The molecule has 0 unspecified atom stereocenters. The number of carbonyl (C=O) groups excluding carboxylic acids is 2. The molecule has 21 heavy (non-hydrogen) atoms. The van der Waals surface area contributed by atoms with E-state index < -0.39 is 0 Å². The number of rotatable bonds is 2. The van der Waals surface area contributed by atoms with Crippen LogP contribution < -0.4 is 11.1 Å². The van der Waals surface area contributed by atoms with Crippen LogP contribution in [0.15, 0.2) is 24.3 Å². The lowest BCUT2D eigenvalue weighted by atomic mass is 10.1. The summed E-state index contributed by atoms with van der Waals surface area (Å²) in [6, 6.07) is 6.92. The van der Waals surface area contributed by atoms with Gasteiger partial charge in [-0.1, -0.05) is 6.07 Å². The van der Waals surface area contributed by atoms with Gasteiger partial charge in [0, 0.05) is 18.2 Å². The third kappa shape index (κ3) is 2.73. The quantitative estimate of drug-likeness (QED) is 0.886. The highest BCUT2D eigenvalue weighted by Gasteiger charge is 2.27. The van der Waals surface area contributed by atoms with E-state index in [1.807, 2.05) is 0 Å². The molecule has 3 N–H and O–H groups in total. The molecular formula is C14H14N4O2S. The summed E-state index contributed by atoms with van der Waals surface area (Å²) in [7, 11) is 0. The highest BCUT2D eigenvalue weighted by atomic mass is 32.1. The first kappa shape index (κ1) is 13.6. The van der Waals surface area contributed by atoms with E-state index in [4.69, 9.17) is 5.73 Å². The molecule has 108 valence electrons. The summed E-state index contributed by atoms with van der Waals surface area (Å²) in [5.74, 6) is -0.242. The van der Waals surface area contributed by atoms with E-state index in [-0.39, 0.29) is 11.8 Å². The van der Waals surface area contributed by atoms with Crippen molar-refractivity contribution in [3.63, 3.8) is 0 Å². The van der Waals surface area contributed by atoms with Gasteiger partial charge in [0.15, 0.2) is 5.13 Å². The van der Waals surface area contributed by atoms with Crippen LogP contribution >= 0.6 is 11.3 Å². The van der Waals surface area contributed by atoms with Gasteiger partial charge >= 0.3 is 0 Å². The van der Waals surface area contributed by atoms with Crippen LogP contribution in [-0.4, -0.2) is 21.7 Å². The van der Waals surface area contributed by atoms with Crippen molar-refractivity contribution in [2.45, 2.75) is 20.0 Å². The molecule has 0 fully saturated rings. The van der Waals surface area contributed by atoms with Crippen molar-refractivity contribution in [3.8, 4) is 0 Å². The molecule has 0 aliphatic carbocycles. The highest BCUT2D eigenvalue weighted by Crippen LogP contribution is 2.30. The number of fused-ring (bicyclic) bond motifs is 1. The fourth-order valence-corrected chi connectivity index (χ4v) is 3.18. The molecule has 2 amide bonds. The normalized spacial score (nSPS) is 13.1. The molecule has 0 atom stereocenters. The number of thiazole rings is 1. The fourth-order valence-electron chi connectivity index (χ4n) is 2.32. The first-order chi connectivity index (χ1) is 10.0. The molecule has 3 rings (SSSR count). The number of anilines is 2. The maximum Gasteiger partial charge on any atom is 0.254 e. The van der Waals surface area contributed by atoms with Gasteiger partial charge in [0.2, 0.25) is 5.91 Å². The van der Waals surface area contributed by atoms with E-state index >= 15 is 0 Å². The lowest BCUT2D eigenvalue weighted by Gasteiger charge is -2.16. The van der Waals surface area contributed by atoms with Crippen molar-refractivity contribution in [1.29, 1.82) is 0 Å². The van der Waals surface area contributed by atoms with E-state index in [1.54, 1.807) is 29.2 Å². The summed E-state index contributed by atoms with van der Waals surface area (Å²) in [6.07, 6.45) is 0. The average Bonchev–Trinajstić information content (AvgIpc) is 2.94. The van der Waals surface area contributed by atoms with Gasteiger partial charge in [-0.15, -0.1) is 11.3 Å². The second-order valence-electron chi connectivity index (χ2n) is 4.85. The van der Waals surface area contributed by atoms with E-state index in [2.05, 4.69) is 10.3 Å². The summed E-state index contributed by atoms with van der Waals surface area (Å²) < 4.78 is 0. The van der Waals surface area contributed by atoms with Gasteiger partial charge in [-0.3, -0.25) is 9.59 Å². The van der Waals surface area contributed by atoms with Gasteiger partial charge < -0.3 is 16.0 Å². The number of amides is 2. The third-order valence-electron chi connectivity index (χ3n) is 3.19. The van der Waals surface area contributed by atoms with Crippen molar-refractivity contribution in [1.82, 2.24) is 9.88 Å². The number of hydrogen-bond donors (Lipinski definition) is 2. The Balaban J connectivity index is 1.77. The van der Waals surface area contributed by atoms with E-state index in [1.165, 1.54) is 18.3 Å². The maximum absolute atomic E-state index is 12.5. The first-order valence-corrected chi connectivity index (χ1v) is 7.25. The van der Waals surface area contributed by atoms with E-state index in [0.29, 0.717) is 29.5 Å². The zero-order valence-corrected chi connectivity index (χ0v) is 12.2. The van der Waals surface area contributed by atoms with Crippen LogP contribution in [0.2, 0.25) is 0 Å². The molecule has 1 aliphatic rings. The Bertz CT molecular complexity index is 702. The average molecular weight is 302 g/mol. The summed E-state index contributed by atoms with van der Waals surface area (Å²) in [5, 5.41) is 3.22. The molecule has 0 spiro atoms. The second-order valence-corrected chi connectivity index (χ2v) is 5.96. The standard InChI is InChI=1S/C14H14N4O2S/c1-8(19)16-10-4-2-3-9(5-10)13(20)18-6-11-12(7-18)21-14(15)17-11/h2-5H,6-7H2,1H3,(H2,15,17)(H,16,19). The van der Waals surface area contributed by atoms with Gasteiger partial charge in [-0.2, -0.15) is 0 Å². The largest absolute Gasteiger partial charge is 0.375 e. The van der Waals surface area contributed by atoms with Crippen LogP contribution in [0.25, 0.3) is 0 Å². The lowest BCUT2D eigenvalue weighted by Crippen LogP contribution is -2.25. The molecule has 1 aliphatic heterocycles. The number of nitrogen functional groups attached to an aromatic ring is 1. The Morgan fingerprint density at radius 3 is 2.90 bits per heavy atom. The predicted octanol–water partition coefficient (Wildman–Crippen LogP) is 1.84. The summed E-state index contributed by atoms with van der Waals surface area (Å²) in [5.41, 5.74) is 7.69. The van der Waals surface area contributed by atoms with Crippen LogP contribution in [-0.2, 0) is 17.9 Å². The molecule has 2 aromatic rings. The van der Waals surface area contributed by atoms with Crippen molar-refractivity contribution < 1.29 is 9.59 Å². The summed E-state index contributed by atoms with van der Waals surface area (Å²) >= 11 is 1.42. The van der Waals surface area contributed by atoms with Crippen molar-refractivity contribution >= 4 is 34.0 Å². The zero-order chi connectivity index (χ0) is 15.0. The van der Waals surface area contributed by atoms with Crippen LogP contribution in [0, 0.1) is 0 Å². The highest BCUT2D eigenvalue weighted by molar-refractivity contribution is 7.15. The number of benzene rings is 1. The smallest absolute Gasteiger partial charge is 0.254 e. The molecule has 2 heterocycles. The molecule has 0 bridgehead atoms. The minimum Gasteiger partial charge on any atom is -0.375 e. The van der Waals surface area contributed by atoms with Gasteiger partial charge in [0.05, 0.1) is 23.7 Å². The Kier molecular flexibility index (Phi) is 3.34. The Labute approximate surface area is 125 Å². The molecule has 1 aromatic heterocycles. The number of nitrogens with two attached hydrogens (primary N) is 1. The number of aromatic nitrogens is 1. The maximum atomic E-state index is 12.5. The molecule has 0 saturated heterocycles. The number of carbonyl (C=O) groups is 2. The first-order valence-electron chi connectivity index (χ1n) is 6.44.